The van der Waals surface area contributed by atoms with Crippen molar-refractivity contribution in [3.05, 3.63) is 83.4 Å². The summed E-state index contributed by atoms with van der Waals surface area (Å²) in [7, 11) is 1.51. The molecule has 4 aromatic rings. The van der Waals surface area contributed by atoms with Gasteiger partial charge in [-0.25, -0.2) is 14.6 Å². The molecule has 0 saturated carbocycles. The Balaban J connectivity index is 1.48. The van der Waals surface area contributed by atoms with Crippen LogP contribution in [-0.4, -0.2) is 32.8 Å². The van der Waals surface area contributed by atoms with Crippen LogP contribution in [0.25, 0.3) is 5.82 Å². The Morgan fingerprint density at radius 1 is 1.06 bits per heavy atom. The van der Waals surface area contributed by atoms with E-state index in [1.165, 1.54) is 7.11 Å². The summed E-state index contributed by atoms with van der Waals surface area (Å²) in [6, 6.07) is 15.8. The Hall–Kier alpha value is -3.91. The molecule has 0 bridgehead atoms. The Bertz CT molecular complexity index is 1210. The number of halogens is 1. The van der Waals surface area contributed by atoms with Gasteiger partial charge in [0.25, 0.3) is 5.91 Å². The predicted molar refractivity (Wildman–Crippen MR) is 120 cm³/mol. The molecule has 31 heavy (non-hydrogen) atoms. The van der Waals surface area contributed by atoms with Gasteiger partial charge in [0, 0.05) is 34.9 Å². The summed E-state index contributed by atoms with van der Waals surface area (Å²) < 4.78 is 6.91. The van der Waals surface area contributed by atoms with Gasteiger partial charge in [0.2, 0.25) is 0 Å². The van der Waals surface area contributed by atoms with E-state index >= 15 is 0 Å². The number of rotatable bonds is 6. The number of hydrogen-bond acceptors (Lipinski definition) is 6. The fourth-order valence-corrected chi connectivity index (χ4v) is 3.15. The molecule has 0 aliphatic heterocycles. The maximum atomic E-state index is 12.6. The van der Waals surface area contributed by atoms with Gasteiger partial charge in [0.1, 0.15) is 17.4 Å². The minimum atomic E-state index is -0.310. The van der Waals surface area contributed by atoms with Crippen LogP contribution in [0.5, 0.6) is 5.75 Å². The number of aryl methyl sites for hydroxylation is 1. The first kappa shape index (κ1) is 20.4. The number of hydrogen-bond donors (Lipinski definition) is 2. The Labute approximate surface area is 183 Å². The van der Waals surface area contributed by atoms with Crippen molar-refractivity contribution in [1.82, 2.24) is 19.7 Å². The second-order valence-corrected chi connectivity index (χ2v) is 7.05. The fourth-order valence-electron chi connectivity index (χ4n) is 2.98. The highest BCUT2D eigenvalue weighted by Gasteiger charge is 2.13. The van der Waals surface area contributed by atoms with E-state index < -0.39 is 0 Å². The third-order valence-electron chi connectivity index (χ3n) is 4.38. The highest BCUT2D eigenvalue weighted by atomic mass is 35.5. The van der Waals surface area contributed by atoms with Gasteiger partial charge in [-0.15, -0.1) is 0 Å². The summed E-state index contributed by atoms with van der Waals surface area (Å²) in [6.45, 7) is 1.82. The zero-order chi connectivity index (χ0) is 21.8. The second-order valence-electron chi connectivity index (χ2n) is 6.61. The molecule has 0 spiro atoms. The minimum absolute atomic E-state index is 0.310. The smallest absolute Gasteiger partial charge is 0.259 e. The van der Waals surface area contributed by atoms with Gasteiger partial charge in [0.15, 0.2) is 5.82 Å². The number of ether oxygens (including phenoxy) is 1. The van der Waals surface area contributed by atoms with Crippen molar-refractivity contribution in [2.45, 2.75) is 6.92 Å². The van der Waals surface area contributed by atoms with E-state index in [0.717, 1.165) is 5.69 Å². The van der Waals surface area contributed by atoms with Gasteiger partial charge < -0.3 is 15.4 Å². The van der Waals surface area contributed by atoms with E-state index in [0.29, 0.717) is 39.5 Å². The summed E-state index contributed by atoms with van der Waals surface area (Å²) in [6.07, 6.45) is 3.51. The number of carbonyl (C=O) groups excluding carboxylic acids is 1. The van der Waals surface area contributed by atoms with E-state index in [-0.39, 0.29) is 5.91 Å². The number of amides is 1. The quantitative estimate of drug-likeness (QED) is 0.459. The van der Waals surface area contributed by atoms with Crippen molar-refractivity contribution in [3.8, 4) is 11.6 Å². The number of benzene rings is 2. The molecular weight excluding hydrogens is 416 g/mol. The van der Waals surface area contributed by atoms with Crippen LogP contribution in [0.3, 0.4) is 0 Å². The Kier molecular flexibility index (Phi) is 5.81. The minimum Gasteiger partial charge on any atom is -0.496 e. The molecule has 1 amide bonds. The van der Waals surface area contributed by atoms with Crippen LogP contribution < -0.4 is 15.4 Å². The zero-order valence-electron chi connectivity index (χ0n) is 16.8. The first-order valence-electron chi connectivity index (χ1n) is 9.39. The molecule has 0 radical (unpaired) electrons. The van der Waals surface area contributed by atoms with Crippen LogP contribution in [0.15, 0.2) is 67.0 Å². The highest BCUT2D eigenvalue weighted by Crippen LogP contribution is 2.24. The third kappa shape index (κ3) is 4.81. The summed E-state index contributed by atoms with van der Waals surface area (Å²) in [4.78, 5) is 21.4. The van der Waals surface area contributed by atoms with Crippen molar-refractivity contribution < 1.29 is 9.53 Å². The lowest BCUT2D eigenvalue weighted by atomic mass is 10.1. The van der Waals surface area contributed by atoms with Gasteiger partial charge in [-0.1, -0.05) is 11.6 Å². The number of anilines is 3. The van der Waals surface area contributed by atoms with Gasteiger partial charge in [-0.2, -0.15) is 5.10 Å². The van der Waals surface area contributed by atoms with Crippen LogP contribution >= 0.6 is 11.6 Å². The lowest BCUT2D eigenvalue weighted by molar-refractivity contribution is 0.102. The van der Waals surface area contributed by atoms with E-state index in [2.05, 4.69) is 25.7 Å². The molecule has 0 fully saturated rings. The lowest BCUT2D eigenvalue weighted by Crippen LogP contribution is -2.13. The molecule has 8 nitrogen and oxygen atoms in total. The molecule has 9 heteroatoms. The molecule has 2 heterocycles. The molecule has 0 atom stereocenters. The van der Waals surface area contributed by atoms with Gasteiger partial charge in [-0.05, 0) is 55.5 Å². The first-order chi connectivity index (χ1) is 15.0. The average molecular weight is 435 g/mol. The molecule has 0 aliphatic rings. The van der Waals surface area contributed by atoms with Crippen LogP contribution in [-0.2, 0) is 0 Å². The maximum absolute atomic E-state index is 12.6. The van der Waals surface area contributed by atoms with Crippen LogP contribution in [0.2, 0.25) is 5.02 Å². The second kappa shape index (κ2) is 8.85. The van der Waals surface area contributed by atoms with Crippen LogP contribution in [0.1, 0.15) is 16.2 Å². The standard InChI is InChI=1S/C22H19ClN6O2/c1-14-25-20(13-21(26-14)29-11-3-10-24-29)27-16-5-7-17(8-6-16)28-22(30)18-12-15(23)4-9-19(18)31-2/h3-13H,1-2H3,(H,28,30)(H,25,26,27). The average Bonchev–Trinajstić information content (AvgIpc) is 3.30. The molecule has 4 rings (SSSR count). The maximum Gasteiger partial charge on any atom is 0.259 e. The van der Waals surface area contributed by atoms with Gasteiger partial charge in [0.05, 0.1) is 12.7 Å². The topological polar surface area (TPSA) is 94.0 Å². The van der Waals surface area contributed by atoms with E-state index in [4.69, 9.17) is 16.3 Å². The monoisotopic (exact) mass is 434 g/mol. The zero-order valence-corrected chi connectivity index (χ0v) is 17.6. The van der Waals surface area contributed by atoms with E-state index in [1.54, 1.807) is 47.3 Å². The third-order valence-corrected chi connectivity index (χ3v) is 4.62. The number of methoxy groups -OCH3 is 1. The summed E-state index contributed by atoms with van der Waals surface area (Å²) in [5.74, 6) is 2.07. The van der Waals surface area contributed by atoms with Crippen molar-refractivity contribution in [2.24, 2.45) is 0 Å². The van der Waals surface area contributed by atoms with E-state index in [9.17, 15) is 4.79 Å². The van der Waals surface area contributed by atoms with Gasteiger partial charge >= 0.3 is 0 Å². The predicted octanol–water partition coefficient (Wildman–Crippen LogP) is 4.63. The summed E-state index contributed by atoms with van der Waals surface area (Å²) >= 11 is 6.01. The van der Waals surface area contributed by atoms with Gasteiger partial charge in [-0.3, -0.25) is 4.79 Å². The fraction of sp³-hybridized carbons (Fsp3) is 0.0909. The van der Waals surface area contributed by atoms with Crippen LogP contribution in [0.4, 0.5) is 17.2 Å². The van der Waals surface area contributed by atoms with Crippen molar-refractivity contribution >= 4 is 34.7 Å². The Morgan fingerprint density at radius 2 is 1.84 bits per heavy atom. The van der Waals surface area contributed by atoms with E-state index in [1.807, 2.05) is 31.3 Å². The highest BCUT2D eigenvalue weighted by molar-refractivity contribution is 6.31. The molecule has 156 valence electrons. The summed E-state index contributed by atoms with van der Waals surface area (Å²) in [5, 5.41) is 10.7. The normalized spacial score (nSPS) is 10.5. The largest absolute Gasteiger partial charge is 0.496 e. The van der Waals surface area contributed by atoms with Crippen molar-refractivity contribution in [2.75, 3.05) is 17.7 Å². The molecular formula is C22H19ClN6O2. The Morgan fingerprint density at radius 3 is 2.55 bits per heavy atom. The summed E-state index contributed by atoms with van der Waals surface area (Å²) in [5.41, 5.74) is 1.80. The van der Waals surface area contributed by atoms with Crippen LogP contribution in [0, 0.1) is 6.92 Å². The lowest BCUT2D eigenvalue weighted by Gasteiger charge is -2.11. The molecule has 2 N–H and O–H groups in total. The van der Waals surface area contributed by atoms with Crippen molar-refractivity contribution in [3.63, 3.8) is 0 Å². The number of aromatic nitrogens is 4. The molecule has 0 aliphatic carbocycles. The molecule has 2 aromatic heterocycles. The number of carbonyl (C=O) groups is 1. The van der Waals surface area contributed by atoms with Crippen molar-refractivity contribution in [1.29, 1.82) is 0 Å². The molecule has 0 saturated heterocycles. The SMILES string of the molecule is COc1ccc(Cl)cc1C(=O)Nc1ccc(Nc2cc(-n3cccn3)nc(C)n2)cc1. The number of nitrogens with one attached hydrogen (secondary N) is 2. The molecule has 2 aromatic carbocycles. The first-order valence-corrected chi connectivity index (χ1v) is 9.77. The number of nitrogens with zero attached hydrogens (tertiary/aromatic N) is 4. The molecule has 0 unspecified atom stereocenters.